The molecule has 0 spiro atoms. The van der Waals surface area contributed by atoms with E-state index < -0.39 is 0 Å². The molecule has 1 saturated heterocycles. The summed E-state index contributed by atoms with van der Waals surface area (Å²) in [5.74, 6) is 0. The molecule has 4 heteroatoms. The summed E-state index contributed by atoms with van der Waals surface area (Å²) in [6, 6.07) is 10.6. The Balaban J connectivity index is 1.60. The zero-order valence-electron chi connectivity index (χ0n) is 14.1. The standard InChI is InChI=1S/C18H26BNO2/c1-17(2)18(3,4)22-19(21-17)16-10-12-20(13-11-16)14-15-8-6-5-7-9-15/h5-10H,11-14H2,1-4H3. The van der Waals surface area contributed by atoms with Crippen LogP contribution in [0, 0.1) is 0 Å². The molecule has 0 N–H and O–H groups in total. The monoisotopic (exact) mass is 299 g/mol. The van der Waals surface area contributed by atoms with Crippen molar-refractivity contribution in [1.29, 1.82) is 0 Å². The van der Waals surface area contributed by atoms with Gasteiger partial charge in [-0.25, -0.2) is 0 Å². The van der Waals surface area contributed by atoms with Crippen molar-refractivity contribution in [3.8, 4) is 0 Å². The van der Waals surface area contributed by atoms with Crippen LogP contribution in [0.1, 0.15) is 39.7 Å². The van der Waals surface area contributed by atoms with Gasteiger partial charge in [-0.1, -0.05) is 36.4 Å². The lowest BCUT2D eigenvalue weighted by Gasteiger charge is -2.32. The molecular formula is C18H26BNO2. The van der Waals surface area contributed by atoms with Gasteiger partial charge in [0.05, 0.1) is 11.2 Å². The lowest BCUT2D eigenvalue weighted by Crippen LogP contribution is -2.41. The van der Waals surface area contributed by atoms with Gasteiger partial charge in [0.2, 0.25) is 0 Å². The van der Waals surface area contributed by atoms with Crippen LogP contribution >= 0.6 is 0 Å². The summed E-state index contributed by atoms with van der Waals surface area (Å²) in [5, 5.41) is 0. The molecule has 3 rings (SSSR count). The van der Waals surface area contributed by atoms with Crippen LogP contribution in [0.5, 0.6) is 0 Å². The van der Waals surface area contributed by atoms with Crippen molar-refractivity contribution in [3.63, 3.8) is 0 Å². The minimum Gasteiger partial charge on any atom is -0.400 e. The summed E-state index contributed by atoms with van der Waals surface area (Å²) in [5.41, 5.74) is 2.16. The molecule has 0 amide bonds. The molecule has 22 heavy (non-hydrogen) atoms. The number of hydrogen-bond donors (Lipinski definition) is 0. The molecular weight excluding hydrogens is 273 g/mol. The fraction of sp³-hybridized carbons (Fsp3) is 0.556. The molecule has 2 aliphatic heterocycles. The smallest absolute Gasteiger partial charge is 0.400 e. The Labute approximate surface area is 134 Å². The summed E-state index contributed by atoms with van der Waals surface area (Å²) in [7, 11) is -0.177. The van der Waals surface area contributed by atoms with E-state index >= 15 is 0 Å². The van der Waals surface area contributed by atoms with Gasteiger partial charge >= 0.3 is 7.12 Å². The van der Waals surface area contributed by atoms with Crippen LogP contribution in [0.25, 0.3) is 0 Å². The van der Waals surface area contributed by atoms with Crippen molar-refractivity contribution in [1.82, 2.24) is 4.90 Å². The lowest BCUT2D eigenvalue weighted by atomic mass is 9.74. The molecule has 118 valence electrons. The largest absolute Gasteiger partial charge is 0.490 e. The van der Waals surface area contributed by atoms with Gasteiger partial charge in [-0.2, -0.15) is 0 Å². The first-order valence-corrected chi connectivity index (χ1v) is 8.18. The first-order chi connectivity index (χ1) is 10.4. The van der Waals surface area contributed by atoms with Crippen molar-refractivity contribution in [2.75, 3.05) is 13.1 Å². The zero-order chi connectivity index (χ0) is 15.8. The van der Waals surface area contributed by atoms with E-state index in [1.807, 2.05) is 0 Å². The molecule has 0 unspecified atom stereocenters. The topological polar surface area (TPSA) is 21.7 Å². The molecule has 0 radical (unpaired) electrons. The maximum Gasteiger partial charge on any atom is 0.490 e. The molecule has 2 heterocycles. The predicted molar refractivity (Wildman–Crippen MR) is 90.5 cm³/mol. The fourth-order valence-electron chi connectivity index (χ4n) is 2.92. The van der Waals surface area contributed by atoms with Crippen molar-refractivity contribution < 1.29 is 9.31 Å². The molecule has 0 atom stereocenters. The Morgan fingerprint density at radius 2 is 1.68 bits per heavy atom. The van der Waals surface area contributed by atoms with E-state index in [-0.39, 0.29) is 18.3 Å². The third-order valence-electron chi connectivity index (χ3n) is 5.13. The van der Waals surface area contributed by atoms with Gasteiger partial charge in [-0.3, -0.25) is 4.90 Å². The van der Waals surface area contributed by atoms with Crippen LogP contribution in [-0.4, -0.2) is 36.3 Å². The summed E-state index contributed by atoms with van der Waals surface area (Å²) < 4.78 is 12.3. The van der Waals surface area contributed by atoms with Crippen LogP contribution < -0.4 is 0 Å². The Bertz CT molecular complexity index is 537. The van der Waals surface area contributed by atoms with Gasteiger partial charge in [0, 0.05) is 19.6 Å². The predicted octanol–water partition coefficient (Wildman–Crippen LogP) is 3.45. The highest BCUT2D eigenvalue weighted by molar-refractivity contribution is 6.54. The van der Waals surface area contributed by atoms with E-state index in [1.165, 1.54) is 11.0 Å². The highest BCUT2D eigenvalue weighted by atomic mass is 16.7. The third kappa shape index (κ3) is 3.14. The van der Waals surface area contributed by atoms with Gasteiger partial charge < -0.3 is 9.31 Å². The minimum absolute atomic E-state index is 0.177. The van der Waals surface area contributed by atoms with Crippen LogP contribution in [0.2, 0.25) is 0 Å². The molecule has 1 aromatic rings. The quantitative estimate of drug-likeness (QED) is 0.798. The van der Waals surface area contributed by atoms with Crippen molar-refractivity contribution >= 4 is 7.12 Å². The second kappa shape index (κ2) is 5.84. The first-order valence-electron chi connectivity index (χ1n) is 8.18. The van der Waals surface area contributed by atoms with Gasteiger partial charge in [-0.15, -0.1) is 0 Å². The third-order valence-corrected chi connectivity index (χ3v) is 5.13. The second-order valence-corrected chi connectivity index (χ2v) is 7.34. The normalized spacial score (nSPS) is 24.4. The van der Waals surface area contributed by atoms with Crippen LogP contribution in [0.15, 0.2) is 41.9 Å². The summed E-state index contributed by atoms with van der Waals surface area (Å²) in [6.45, 7) is 11.5. The summed E-state index contributed by atoms with van der Waals surface area (Å²) in [6.07, 6.45) is 3.30. The lowest BCUT2D eigenvalue weighted by molar-refractivity contribution is 0.00578. The SMILES string of the molecule is CC1(C)OB(C2=CCN(Cc3ccccc3)CC2)OC1(C)C. The van der Waals surface area contributed by atoms with Gasteiger partial charge in [0.15, 0.2) is 0 Å². The number of hydrogen-bond acceptors (Lipinski definition) is 3. The minimum atomic E-state index is -0.250. The molecule has 3 nitrogen and oxygen atoms in total. The Morgan fingerprint density at radius 3 is 2.23 bits per heavy atom. The average molecular weight is 299 g/mol. The zero-order valence-corrected chi connectivity index (χ0v) is 14.1. The summed E-state index contributed by atoms with van der Waals surface area (Å²) >= 11 is 0. The van der Waals surface area contributed by atoms with Crippen molar-refractivity contribution in [3.05, 3.63) is 47.4 Å². The Hall–Kier alpha value is -1.10. The van der Waals surface area contributed by atoms with Gasteiger partial charge in [-0.05, 0) is 45.2 Å². The number of nitrogens with zero attached hydrogens (tertiary/aromatic N) is 1. The molecule has 2 aliphatic rings. The highest BCUT2D eigenvalue weighted by Crippen LogP contribution is 2.39. The van der Waals surface area contributed by atoms with E-state index in [0.29, 0.717) is 0 Å². The molecule has 0 saturated carbocycles. The van der Waals surface area contributed by atoms with E-state index in [0.717, 1.165) is 26.1 Å². The molecule has 1 aromatic carbocycles. The maximum absolute atomic E-state index is 6.15. The molecule has 0 bridgehead atoms. The molecule has 0 aromatic heterocycles. The first kappa shape index (κ1) is 15.8. The number of benzene rings is 1. The maximum atomic E-state index is 6.15. The van der Waals surface area contributed by atoms with E-state index in [9.17, 15) is 0 Å². The van der Waals surface area contributed by atoms with Crippen LogP contribution in [0.3, 0.4) is 0 Å². The Morgan fingerprint density at radius 1 is 1.05 bits per heavy atom. The fourth-order valence-corrected chi connectivity index (χ4v) is 2.92. The van der Waals surface area contributed by atoms with E-state index in [1.54, 1.807) is 0 Å². The van der Waals surface area contributed by atoms with Crippen LogP contribution in [0.4, 0.5) is 0 Å². The number of rotatable bonds is 3. The van der Waals surface area contributed by atoms with Crippen LogP contribution in [-0.2, 0) is 15.9 Å². The highest BCUT2D eigenvalue weighted by Gasteiger charge is 2.52. The Kier molecular flexibility index (Phi) is 4.19. The van der Waals surface area contributed by atoms with E-state index in [2.05, 4.69) is 69.0 Å². The van der Waals surface area contributed by atoms with Gasteiger partial charge in [0.1, 0.15) is 0 Å². The van der Waals surface area contributed by atoms with Gasteiger partial charge in [0.25, 0.3) is 0 Å². The van der Waals surface area contributed by atoms with Crippen molar-refractivity contribution in [2.45, 2.75) is 51.9 Å². The second-order valence-electron chi connectivity index (χ2n) is 7.34. The molecule has 0 aliphatic carbocycles. The summed E-state index contributed by atoms with van der Waals surface area (Å²) in [4.78, 5) is 2.46. The average Bonchev–Trinajstić information content (AvgIpc) is 2.69. The van der Waals surface area contributed by atoms with E-state index in [4.69, 9.17) is 9.31 Å². The molecule has 1 fully saturated rings. The van der Waals surface area contributed by atoms with Crippen molar-refractivity contribution in [2.24, 2.45) is 0 Å².